The highest BCUT2D eigenvalue weighted by atomic mass is 32.2. The lowest BCUT2D eigenvalue weighted by molar-refractivity contribution is 0.589. The molecule has 130 valence electrons. The SMILES string of the molecule is O=S(=O)(c1ccccc1)n1ccc2c(N3CCCNCN3)cccc21. The van der Waals surface area contributed by atoms with Crippen LogP contribution in [0.4, 0.5) is 5.69 Å². The number of hydrazine groups is 1. The molecule has 0 bridgehead atoms. The van der Waals surface area contributed by atoms with E-state index in [1.54, 1.807) is 30.5 Å². The number of hydrogen-bond donors (Lipinski definition) is 2. The second-order valence-electron chi connectivity index (χ2n) is 5.98. The normalized spacial score (nSPS) is 16.1. The van der Waals surface area contributed by atoms with Gasteiger partial charge in [-0.15, -0.1) is 0 Å². The van der Waals surface area contributed by atoms with Crippen LogP contribution in [-0.2, 0) is 10.0 Å². The number of hydrogen-bond acceptors (Lipinski definition) is 5. The minimum Gasteiger partial charge on any atom is -0.306 e. The molecule has 1 aliphatic rings. The highest BCUT2D eigenvalue weighted by Crippen LogP contribution is 2.29. The summed E-state index contributed by atoms with van der Waals surface area (Å²) in [5, 5.41) is 6.29. The molecule has 0 aliphatic carbocycles. The van der Waals surface area contributed by atoms with Gasteiger partial charge in [-0.2, -0.15) is 0 Å². The molecule has 1 fully saturated rings. The van der Waals surface area contributed by atoms with Crippen molar-refractivity contribution >= 4 is 26.6 Å². The van der Waals surface area contributed by atoms with Crippen molar-refractivity contribution in [2.24, 2.45) is 0 Å². The highest BCUT2D eigenvalue weighted by molar-refractivity contribution is 7.90. The monoisotopic (exact) mass is 356 g/mol. The van der Waals surface area contributed by atoms with Gasteiger partial charge in [0.1, 0.15) is 0 Å². The lowest BCUT2D eigenvalue weighted by Crippen LogP contribution is -2.40. The van der Waals surface area contributed by atoms with Gasteiger partial charge in [-0.3, -0.25) is 0 Å². The molecule has 0 atom stereocenters. The topological polar surface area (TPSA) is 66.4 Å². The van der Waals surface area contributed by atoms with Gasteiger partial charge >= 0.3 is 0 Å². The summed E-state index contributed by atoms with van der Waals surface area (Å²) in [5.41, 5.74) is 5.00. The van der Waals surface area contributed by atoms with E-state index in [-0.39, 0.29) is 4.90 Å². The summed E-state index contributed by atoms with van der Waals surface area (Å²) in [6.07, 6.45) is 2.65. The van der Waals surface area contributed by atoms with Gasteiger partial charge in [-0.05, 0) is 43.3 Å². The van der Waals surface area contributed by atoms with Crippen LogP contribution in [0.3, 0.4) is 0 Å². The Morgan fingerprint density at radius 2 is 1.80 bits per heavy atom. The summed E-state index contributed by atoms with van der Waals surface area (Å²) in [7, 11) is -3.61. The lowest BCUT2D eigenvalue weighted by Gasteiger charge is -2.24. The Balaban J connectivity index is 1.82. The molecule has 0 amide bonds. The van der Waals surface area contributed by atoms with E-state index >= 15 is 0 Å². The van der Waals surface area contributed by atoms with E-state index in [0.29, 0.717) is 12.2 Å². The zero-order valence-corrected chi connectivity index (χ0v) is 14.5. The van der Waals surface area contributed by atoms with Gasteiger partial charge in [0.05, 0.1) is 22.8 Å². The van der Waals surface area contributed by atoms with Gasteiger partial charge in [-0.1, -0.05) is 24.3 Å². The van der Waals surface area contributed by atoms with E-state index in [0.717, 1.165) is 30.6 Å². The Bertz CT molecular complexity index is 975. The van der Waals surface area contributed by atoms with Crippen LogP contribution in [0.5, 0.6) is 0 Å². The van der Waals surface area contributed by atoms with Gasteiger partial charge in [0.25, 0.3) is 10.0 Å². The summed E-state index contributed by atoms with van der Waals surface area (Å²) < 4.78 is 27.3. The average molecular weight is 356 g/mol. The standard InChI is InChI=1S/C18H20N4O2S/c23-25(24,15-6-2-1-3-7-15)22-13-10-16-17(8-4-9-18(16)22)21-12-5-11-19-14-20-21/h1-4,6-10,13,19-20H,5,11-12,14H2. The Kier molecular flexibility index (Phi) is 4.20. The van der Waals surface area contributed by atoms with Crippen LogP contribution in [0, 0.1) is 0 Å². The molecule has 3 aromatic rings. The maximum atomic E-state index is 13.0. The number of anilines is 1. The summed E-state index contributed by atoms with van der Waals surface area (Å²) in [5.74, 6) is 0. The van der Waals surface area contributed by atoms with Gasteiger partial charge in [0.15, 0.2) is 0 Å². The number of rotatable bonds is 3. The molecule has 1 aliphatic heterocycles. The fourth-order valence-electron chi connectivity index (χ4n) is 3.16. The smallest absolute Gasteiger partial charge is 0.268 e. The second kappa shape index (κ2) is 6.51. The van der Waals surface area contributed by atoms with E-state index < -0.39 is 10.0 Å². The number of nitrogens with zero attached hydrogens (tertiary/aromatic N) is 2. The van der Waals surface area contributed by atoms with Crippen molar-refractivity contribution < 1.29 is 8.42 Å². The van der Waals surface area contributed by atoms with Gasteiger partial charge in [0.2, 0.25) is 0 Å². The zero-order chi connectivity index (χ0) is 17.3. The molecule has 2 aromatic carbocycles. The predicted molar refractivity (Wildman–Crippen MR) is 98.9 cm³/mol. The van der Waals surface area contributed by atoms with E-state index in [2.05, 4.69) is 15.8 Å². The molecular weight excluding hydrogens is 336 g/mol. The van der Waals surface area contributed by atoms with Crippen molar-refractivity contribution in [1.29, 1.82) is 0 Å². The third-order valence-electron chi connectivity index (χ3n) is 4.40. The van der Waals surface area contributed by atoms with E-state index in [4.69, 9.17) is 0 Å². The molecule has 7 heteroatoms. The molecule has 1 aromatic heterocycles. The number of fused-ring (bicyclic) bond motifs is 1. The Hall–Kier alpha value is -2.35. The Morgan fingerprint density at radius 3 is 2.64 bits per heavy atom. The third-order valence-corrected chi connectivity index (χ3v) is 6.10. The van der Waals surface area contributed by atoms with Gasteiger partial charge < -0.3 is 10.3 Å². The fourth-order valence-corrected chi connectivity index (χ4v) is 4.53. The number of nitrogens with one attached hydrogen (secondary N) is 2. The first-order valence-electron chi connectivity index (χ1n) is 8.30. The third kappa shape index (κ3) is 2.90. The Morgan fingerprint density at radius 1 is 0.960 bits per heavy atom. The molecule has 2 heterocycles. The second-order valence-corrected chi connectivity index (χ2v) is 7.79. The van der Waals surface area contributed by atoms with Crippen molar-refractivity contribution in [3.05, 3.63) is 60.8 Å². The fraction of sp³-hybridized carbons (Fsp3) is 0.222. The van der Waals surface area contributed by atoms with Crippen LogP contribution in [0.25, 0.3) is 10.9 Å². The summed E-state index contributed by atoms with van der Waals surface area (Å²) in [4.78, 5) is 0.287. The number of benzene rings is 2. The molecule has 0 radical (unpaired) electrons. The predicted octanol–water partition coefficient (Wildman–Crippen LogP) is 2.14. The number of aromatic nitrogens is 1. The minimum atomic E-state index is -3.61. The van der Waals surface area contributed by atoms with Crippen LogP contribution >= 0.6 is 0 Å². The van der Waals surface area contributed by atoms with Crippen LogP contribution in [-0.4, -0.2) is 32.1 Å². The molecule has 6 nitrogen and oxygen atoms in total. The zero-order valence-electron chi connectivity index (χ0n) is 13.7. The van der Waals surface area contributed by atoms with Crippen LogP contribution < -0.4 is 15.8 Å². The van der Waals surface area contributed by atoms with Crippen molar-refractivity contribution in [1.82, 2.24) is 14.7 Å². The van der Waals surface area contributed by atoms with Crippen LogP contribution in [0.15, 0.2) is 65.7 Å². The Labute approximate surface area is 147 Å². The molecular formula is C18H20N4O2S. The van der Waals surface area contributed by atoms with Crippen molar-refractivity contribution in [3.8, 4) is 0 Å². The first-order chi connectivity index (χ1) is 12.2. The molecule has 0 unspecified atom stereocenters. The van der Waals surface area contributed by atoms with E-state index in [1.165, 1.54) is 3.97 Å². The first-order valence-corrected chi connectivity index (χ1v) is 9.74. The van der Waals surface area contributed by atoms with Crippen LogP contribution in [0.1, 0.15) is 6.42 Å². The maximum absolute atomic E-state index is 13.0. The summed E-state index contributed by atoms with van der Waals surface area (Å²) in [6, 6.07) is 16.1. The van der Waals surface area contributed by atoms with Crippen molar-refractivity contribution in [3.63, 3.8) is 0 Å². The van der Waals surface area contributed by atoms with Gasteiger partial charge in [-0.25, -0.2) is 17.8 Å². The first kappa shape index (κ1) is 16.1. The maximum Gasteiger partial charge on any atom is 0.268 e. The largest absolute Gasteiger partial charge is 0.306 e. The van der Waals surface area contributed by atoms with E-state index in [9.17, 15) is 8.42 Å². The van der Waals surface area contributed by atoms with Crippen LogP contribution in [0.2, 0.25) is 0 Å². The average Bonchev–Trinajstić information content (AvgIpc) is 2.91. The van der Waals surface area contributed by atoms with Crippen molar-refractivity contribution in [2.75, 3.05) is 24.8 Å². The molecule has 2 N–H and O–H groups in total. The minimum absolute atomic E-state index is 0.287. The molecule has 25 heavy (non-hydrogen) atoms. The quantitative estimate of drug-likeness (QED) is 0.753. The molecule has 0 saturated carbocycles. The van der Waals surface area contributed by atoms with Crippen molar-refractivity contribution in [2.45, 2.75) is 11.3 Å². The molecule has 1 saturated heterocycles. The van der Waals surface area contributed by atoms with E-state index in [1.807, 2.05) is 30.3 Å². The molecule has 0 spiro atoms. The van der Waals surface area contributed by atoms with Gasteiger partial charge in [0, 0.05) is 18.1 Å². The highest BCUT2D eigenvalue weighted by Gasteiger charge is 2.20. The summed E-state index contributed by atoms with van der Waals surface area (Å²) >= 11 is 0. The molecule has 4 rings (SSSR count). The lowest BCUT2D eigenvalue weighted by atomic mass is 10.2. The summed E-state index contributed by atoms with van der Waals surface area (Å²) in [6.45, 7) is 2.52.